The number of hydrogen-bond acceptors (Lipinski definition) is 4. The molecule has 0 unspecified atom stereocenters. The highest BCUT2D eigenvalue weighted by atomic mass is 19.4. The summed E-state index contributed by atoms with van der Waals surface area (Å²) in [5.41, 5.74) is 2.84. The monoisotopic (exact) mass is 277 g/mol. The summed E-state index contributed by atoms with van der Waals surface area (Å²) in [5.74, 6) is -0.385. The molecule has 0 bridgehead atoms. The fourth-order valence-corrected chi connectivity index (χ4v) is 1.22. The van der Waals surface area contributed by atoms with Gasteiger partial charge in [-0.15, -0.1) is 0 Å². The topological polar surface area (TPSA) is 77.2 Å². The number of carbonyl (C=O) groups excluding carboxylic acids is 1. The van der Waals surface area contributed by atoms with E-state index in [9.17, 15) is 18.0 Å². The van der Waals surface area contributed by atoms with Gasteiger partial charge in [-0.3, -0.25) is 5.32 Å². The predicted octanol–water partition coefficient (Wildman–Crippen LogP) is 3.03. The van der Waals surface area contributed by atoms with E-state index in [2.05, 4.69) is 10.3 Å². The van der Waals surface area contributed by atoms with Gasteiger partial charge in [-0.2, -0.15) is 13.2 Å². The van der Waals surface area contributed by atoms with E-state index in [0.717, 1.165) is 12.3 Å². The number of anilines is 2. The number of halogens is 3. The highest BCUT2D eigenvalue weighted by Gasteiger charge is 2.34. The number of nitrogens with two attached hydrogens (primary N) is 1. The summed E-state index contributed by atoms with van der Waals surface area (Å²) in [4.78, 5) is 15.0. The van der Waals surface area contributed by atoms with Crippen LogP contribution < -0.4 is 11.1 Å². The molecule has 1 amide bonds. The molecule has 0 radical (unpaired) electrons. The second kappa shape index (κ2) is 4.94. The fraction of sp³-hybridized carbons (Fsp3) is 0.455. The molecule has 8 heteroatoms. The van der Waals surface area contributed by atoms with Gasteiger partial charge in [-0.1, -0.05) is 0 Å². The first-order valence-corrected chi connectivity index (χ1v) is 5.32. The normalized spacial score (nSPS) is 12.1. The van der Waals surface area contributed by atoms with Gasteiger partial charge >= 0.3 is 12.3 Å². The van der Waals surface area contributed by atoms with Crippen LogP contribution in [0.25, 0.3) is 0 Å². The minimum Gasteiger partial charge on any atom is -0.444 e. The number of aromatic nitrogens is 1. The molecular weight excluding hydrogens is 263 g/mol. The Morgan fingerprint density at radius 3 is 2.42 bits per heavy atom. The molecule has 1 aromatic heterocycles. The molecule has 0 atom stereocenters. The van der Waals surface area contributed by atoms with Gasteiger partial charge < -0.3 is 10.5 Å². The van der Waals surface area contributed by atoms with Gasteiger partial charge in [0.2, 0.25) is 0 Å². The van der Waals surface area contributed by atoms with Crippen molar-refractivity contribution in [1.29, 1.82) is 0 Å². The molecule has 1 aromatic rings. The lowest BCUT2D eigenvalue weighted by Crippen LogP contribution is -2.28. The number of hydrogen-bond donors (Lipinski definition) is 2. The Labute approximate surface area is 108 Å². The number of amides is 1. The van der Waals surface area contributed by atoms with Crippen LogP contribution in [-0.2, 0) is 10.9 Å². The van der Waals surface area contributed by atoms with Gasteiger partial charge in [0.1, 0.15) is 5.60 Å². The summed E-state index contributed by atoms with van der Waals surface area (Å²) < 4.78 is 42.7. The Hall–Kier alpha value is -1.99. The van der Waals surface area contributed by atoms with Gasteiger partial charge in [-0.05, 0) is 26.8 Å². The van der Waals surface area contributed by atoms with E-state index in [0.29, 0.717) is 0 Å². The third-order valence-corrected chi connectivity index (χ3v) is 1.91. The molecule has 0 saturated heterocycles. The third-order valence-electron chi connectivity index (χ3n) is 1.91. The Morgan fingerprint density at radius 1 is 1.37 bits per heavy atom. The van der Waals surface area contributed by atoms with Crippen molar-refractivity contribution in [2.24, 2.45) is 0 Å². The zero-order valence-electron chi connectivity index (χ0n) is 10.6. The van der Waals surface area contributed by atoms with E-state index >= 15 is 0 Å². The van der Waals surface area contributed by atoms with Crippen molar-refractivity contribution in [3.8, 4) is 0 Å². The van der Waals surface area contributed by atoms with Crippen LogP contribution in [0, 0.1) is 0 Å². The van der Waals surface area contributed by atoms with Crippen molar-refractivity contribution in [3.05, 3.63) is 17.8 Å². The van der Waals surface area contributed by atoms with Gasteiger partial charge in [0.15, 0.2) is 5.82 Å². The lowest BCUT2D eigenvalue weighted by atomic mass is 10.2. The maximum atomic E-state index is 12.6. The van der Waals surface area contributed by atoms with E-state index < -0.39 is 29.1 Å². The van der Waals surface area contributed by atoms with E-state index in [1.807, 2.05) is 0 Å². The Balaban J connectivity index is 2.95. The minimum atomic E-state index is -4.61. The molecule has 0 aliphatic rings. The molecular formula is C11H14F3N3O2. The summed E-state index contributed by atoms with van der Waals surface area (Å²) in [6.45, 7) is 4.86. The summed E-state index contributed by atoms with van der Waals surface area (Å²) >= 11 is 0. The van der Waals surface area contributed by atoms with Crippen LogP contribution in [0.3, 0.4) is 0 Å². The molecule has 0 fully saturated rings. The van der Waals surface area contributed by atoms with Crippen LogP contribution in [0.4, 0.5) is 29.5 Å². The van der Waals surface area contributed by atoms with E-state index in [1.54, 1.807) is 20.8 Å². The lowest BCUT2D eigenvalue weighted by molar-refractivity contribution is -0.136. The molecule has 3 N–H and O–H groups in total. The molecule has 1 heterocycles. The van der Waals surface area contributed by atoms with Crippen LogP contribution in [0.15, 0.2) is 12.3 Å². The first kappa shape index (κ1) is 15.1. The molecule has 0 saturated carbocycles. The summed E-state index contributed by atoms with van der Waals surface area (Å²) in [6.07, 6.45) is -4.63. The number of carbonyl (C=O) groups is 1. The van der Waals surface area contributed by atoms with Crippen molar-refractivity contribution in [2.45, 2.75) is 32.5 Å². The number of pyridine rings is 1. The van der Waals surface area contributed by atoms with Gasteiger partial charge in [-0.25, -0.2) is 9.78 Å². The van der Waals surface area contributed by atoms with Crippen molar-refractivity contribution in [1.82, 2.24) is 4.98 Å². The van der Waals surface area contributed by atoms with Gasteiger partial charge in [0, 0.05) is 6.20 Å². The number of nitrogens with zero attached hydrogens (tertiary/aromatic N) is 1. The maximum Gasteiger partial charge on any atom is 0.418 e. The molecule has 0 aliphatic carbocycles. The summed E-state index contributed by atoms with van der Waals surface area (Å²) in [7, 11) is 0. The largest absolute Gasteiger partial charge is 0.444 e. The lowest BCUT2D eigenvalue weighted by Gasteiger charge is -2.20. The fourth-order valence-electron chi connectivity index (χ4n) is 1.22. The Bertz CT molecular complexity index is 481. The molecule has 19 heavy (non-hydrogen) atoms. The molecule has 0 spiro atoms. The SMILES string of the molecule is CC(C)(C)OC(=O)Nc1nccc(C(F)(F)F)c1N. The van der Waals surface area contributed by atoms with Crippen molar-refractivity contribution in [2.75, 3.05) is 11.1 Å². The highest BCUT2D eigenvalue weighted by molar-refractivity contribution is 5.88. The first-order chi connectivity index (χ1) is 8.50. The van der Waals surface area contributed by atoms with E-state index in [1.165, 1.54) is 0 Å². The number of nitrogen functional groups attached to an aromatic ring is 1. The van der Waals surface area contributed by atoms with Crippen LogP contribution >= 0.6 is 0 Å². The molecule has 106 valence electrons. The highest BCUT2D eigenvalue weighted by Crippen LogP contribution is 2.35. The Morgan fingerprint density at radius 2 is 1.95 bits per heavy atom. The van der Waals surface area contributed by atoms with Gasteiger partial charge in [0.05, 0.1) is 11.3 Å². The second-order valence-electron chi connectivity index (χ2n) is 4.75. The maximum absolute atomic E-state index is 12.6. The standard InChI is InChI=1S/C11H14F3N3O2/c1-10(2,3)19-9(18)17-8-7(15)6(4-5-16-8)11(12,13)14/h4-5H,15H2,1-3H3,(H,16,17,18). The predicted molar refractivity (Wildman–Crippen MR) is 63.5 cm³/mol. The Kier molecular flexibility index (Phi) is 3.92. The van der Waals surface area contributed by atoms with E-state index in [-0.39, 0.29) is 5.82 Å². The molecule has 5 nitrogen and oxygen atoms in total. The second-order valence-corrected chi connectivity index (χ2v) is 4.75. The molecule has 1 rings (SSSR count). The zero-order valence-corrected chi connectivity index (χ0v) is 10.6. The smallest absolute Gasteiger partial charge is 0.418 e. The third kappa shape index (κ3) is 4.31. The van der Waals surface area contributed by atoms with Crippen LogP contribution in [-0.4, -0.2) is 16.7 Å². The zero-order chi connectivity index (χ0) is 14.8. The first-order valence-electron chi connectivity index (χ1n) is 5.32. The number of rotatable bonds is 1. The summed E-state index contributed by atoms with van der Waals surface area (Å²) in [6, 6.07) is 0.732. The van der Waals surface area contributed by atoms with Crippen LogP contribution in [0.1, 0.15) is 26.3 Å². The van der Waals surface area contributed by atoms with E-state index in [4.69, 9.17) is 10.5 Å². The van der Waals surface area contributed by atoms with Gasteiger partial charge in [0.25, 0.3) is 0 Å². The number of ether oxygens (including phenoxy) is 1. The minimum absolute atomic E-state index is 0.385. The van der Waals surface area contributed by atoms with Crippen LogP contribution in [0.2, 0.25) is 0 Å². The quantitative estimate of drug-likeness (QED) is 0.827. The molecule has 0 aliphatic heterocycles. The van der Waals surface area contributed by atoms with Crippen molar-refractivity contribution in [3.63, 3.8) is 0 Å². The summed E-state index contributed by atoms with van der Waals surface area (Å²) in [5, 5.41) is 2.08. The van der Waals surface area contributed by atoms with Crippen LogP contribution in [0.5, 0.6) is 0 Å². The number of alkyl halides is 3. The van der Waals surface area contributed by atoms with Crippen molar-refractivity contribution >= 4 is 17.6 Å². The average Bonchev–Trinajstić information content (AvgIpc) is 2.16. The molecule has 0 aromatic carbocycles. The van der Waals surface area contributed by atoms with Crippen molar-refractivity contribution < 1.29 is 22.7 Å². The average molecular weight is 277 g/mol. The number of nitrogens with one attached hydrogen (secondary N) is 1.